The Labute approximate surface area is 123 Å². The van der Waals surface area contributed by atoms with Gasteiger partial charge in [-0.2, -0.15) is 16.8 Å². The van der Waals surface area contributed by atoms with E-state index in [1.165, 1.54) is 0 Å². The molecule has 2 aromatic rings. The van der Waals surface area contributed by atoms with Gasteiger partial charge in [-0.25, -0.2) is 0 Å². The molecule has 10 heteroatoms. The summed E-state index contributed by atoms with van der Waals surface area (Å²) >= 11 is 0. The van der Waals surface area contributed by atoms with Gasteiger partial charge < -0.3 is 0 Å². The smallest absolute Gasteiger partial charge is 0.281 e. The standard InChI is InChI=1S/2C5H5N.CH4O6S2/c2*1-2-4-6-5-3-1;2-8(3,4)1-9(5,6)7/h2*1-5H;1H2,(H,2,3,4)(H,5,6,7). The molecule has 0 aliphatic heterocycles. The van der Waals surface area contributed by atoms with Crippen molar-refractivity contribution in [2.24, 2.45) is 0 Å². The summed E-state index contributed by atoms with van der Waals surface area (Å²) in [5.74, 6) is 0. The minimum Gasteiger partial charge on any atom is -0.285 e. The van der Waals surface area contributed by atoms with E-state index in [2.05, 4.69) is 9.97 Å². The number of rotatable bonds is 2. The zero-order chi connectivity index (χ0) is 16.2. The van der Waals surface area contributed by atoms with E-state index in [0.717, 1.165) is 0 Å². The van der Waals surface area contributed by atoms with Crippen LogP contribution in [-0.4, -0.2) is 41.0 Å². The number of hydrogen-bond acceptors (Lipinski definition) is 6. The molecule has 2 heterocycles. The summed E-state index contributed by atoms with van der Waals surface area (Å²) in [7, 11) is -9.24. The highest BCUT2D eigenvalue weighted by Gasteiger charge is 2.15. The van der Waals surface area contributed by atoms with E-state index in [9.17, 15) is 16.8 Å². The van der Waals surface area contributed by atoms with Crippen molar-refractivity contribution >= 4 is 20.2 Å². The van der Waals surface area contributed by atoms with Crippen molar-refractivity contribution in [1.82, 2.24) is 9.97 Å². The topological polar surface area (TPSA) is 135 Å². The van der Waals surface area contributed by atoms with Gasteiger partial charge in [-0.3, -0.25) is 19.1 Å². The largest absolute Gasteiger partial charge is 0.285 e. The summed E-state index contributed by atoms with van der Waals surface area (Å²) in [4.78, 5) is 7.57. The molecule has 2 rings (SSSR count). The molecule has 116 valence electrons. The van der Waals surface area contributed by atoms with Crippen LogP contribution in [0.4, 0.5) is 0 Å². The Balaban J connectivity index is 0.000000293. The average molecular weight is 334 g/mol. The molecule has 0 unspecified atom stereocenters. The van der Waals surface area contributed by atoms with Crippen LogP contribution in [0.3, 0.4) is 0 Å². The van der Waals surface area contributed by atoms with Gasteiger partial charge in [0, 0.05) is 24.8 Å². The first-order valence-corrected chi connectivity index (χ1v) is 8.53. The van der Waals surface area contributed by atoms with Gasteiger partial charge in [0.05, 0.1) is 0 Å². The first-order chi connectivity index (χ1) is 9.71. The van der Waals surface area contributed by atoms with E-state index in [1.807, 2.05) is 36.4 Å². The third kappa shape index (κ3) is 18.1. The fourth-order valence-electron chi connectivity index (χ4n) is 0.813. The monoisotopic (exact) mass is 334 g/mol. The zero-order valence-corrected chi connectivity index (χ0v) is 12.4. The van der Waals surface area contributed by atoms with E-state index in [1.54, 1.807) is 24.8 Å². The zero-order valence-electron chi connectivity index (χ0n) is 10.7. The van der Waals surface area contributed by atoms with Gasteiger partial charge in [0.25, 0.3) is 20.2 Å². The van der Waals surface area contributed by atoms with Crippen LogP contribution in [0.25, 0.3) is 0 Å². The molecule has 0 aromatic carbocycles. The quantitative estimate of drug-likeness (QED) is 0.773. The SMILES string of the molecule is O=S(=O)(O)CS(=O)(=O)O.c1ccncc1.c1ccncc1. The molecule has 0 saturated carbocycles. The van der Waals surface area contributed by atoms with Gasteiger partial charge in [0.2, 0.25) is 5.08 Å². The minimum absolute atomic E-state index is 1.65. The van der Waals surface area contributed by atoms with Crippen LogP contribution in [0.2, 0.25) is 0 Å². The van der Waals surface area contributed by atoms with Crippen molar-refractivity contribution in [3.8, 4) is 0 Å². The summed E-state index contributed by atoms with van der Waals surface area (Å²) in [6, 6.07) is 11.4. The van der Waals surface area contributed by atoms with Gasteiger partial charge >= 0.3 is 0 Å². The normalized spacial score (nSPS) is 10.4. The maximum absolute atomic E-state index is 9.66. The minimum atomic E-state index is -4.62. The Kier molecular flexibility index (Phi) is 9.05. The van der Waals surface area contributed by atoms with Crippen molar-refractivity contribution < 1.29 is 25.9 Å². The van der Waals surface area contributed by atoms with Crippen LogP contribution in [0.5, 0.6) is 0 Å². The summed E-state index contributed by atoms with van der Waals surface area (Å²) in [6.45, 7) is 0. The lowest BCUT2D eigenvalue weighted by molar-refractivity contribution is 0.471. The molecule has 0 fully saturated rings. The van der Waals surface area contributed by atoms with Crippen LogP contribution < -0.4 is 0 Å². The summed E-state index contributed by atoms with van der Waals surface area (Å²) in [6.07, 6.45) is 7.00. The van der Waals surface area contributed by atoms with Gasteiger partial charge in [0.1, 0.15) is 0 Å². The predicted molar refractivity (Wildman–Crippen MR) is 76.4 cm³/mol. The Morgan fingerprint density at radius 1 is 0.619 bits per heavy atom. The molecule has 2 aromatic heterocycles. The van der Waals surface area contributed by atoms with E-state index in [-0.39, 0.29) is 0 Å². The summed E-state index contributed by atoms with van der Waals surface area (Å²) in [5.41, 5.74) is 0. The van der Waals surface area contributed by atoms with Gasteiger partial charge in [-0.05, 0) is 24.3 Å². The third-order valence-electron chi connectivity index (χ3n) is 1.43. The van der Waals surface area contributed by atoms with Gasteiger partial charge in [-0.15, -0.1) is 0 Å². The lowest BCUT2D eigenvalue weighted by Gasteiger charge is -1.89. The first kappa shape index (κ1) is 19.1. The highest BCUT2D eigenvalue weighted by Crippen LogP contribution is 1.88. The van der Waals surface area contributed by atoms with E-state index < -0.39 is 25.3 Å². The average Bonchev–Trinajstić information content (AvgIpc) is 2.40. The van der Waals surface area contributed by atoms with Crippen LogP contribution >= 0.6 is 0 Å². The van der Waals surface area contributed by atoms with Gasteiger partial charge in [-0.1, -0.05) is 12.1 Å². The molecule has 8 nitrogen and oxygen atoms in total. The lowest BCUT2D eigenvalue weighted by Crippen LogP contribution is -2.13. The highest BCUT2D eigenvalue weighted by molar-refractivity contribution is 8.02. The Morgan fingerprint density at radius 2 is 0.905 bits per heavy atom. The number of aromatic nitrogens is 2. The Morgan fingerprint density at radius 3 is 0.952 bits per heavy atom. The molecule has 0 radical (unpaired) electrons. The van der Waals surface area contributed by atoms with Crippen molar-refractivity contribution in [2.45, 2.75) is 0 Å². The van der Waals surface area contributed by atoms with Crippen molar-refractivity contribution in [3.05, 3.63) is 61.2 Å². The maximum Gasteiger partial charge on any atom is 0.281 e. The van der Waals surface area contributed by atoms with Gasteiger partial charge in [0.15, 0.2) is 0 Å². The number of nitrogens with zero attached hydrogens (tertiary/aromatic N) is 2. The maximum atomic E-state index is 9.66. The molecule has 0 atom stereocenters. The predicted octanol–water partition coefficient (Wildman–Crippen LogP) is 0.883. The van der Waals surface area contributed by atoms with Crippen LogP contribution in [0.1, 0.15) is 0 Å². The molecule has 0 aliphatic carbocycles. The Hall–Kier alpha value is -1.88. The molecular formula is C11H14N2O6S2. The second-order valence-electron chi connectivity index (χ2n) is 3.33. The molecule has 21 heavy (non-hydrogen) atoms. The molecular weight excluding hydrogens is 320 g/mol. The molecule has 2 N–H and O–H groups in total. The van der Waals surface area contributed by atoms with Crippen molar-refractivity contribution in [2.75, 3.05) is 5.08 Å². The van der Waals surface area contributed by atoms with Crippen molar-refractivity contribution in [1.29, 1.82) is 0 Å². The molecule has 0 saturated heterocycles. The highest BCUT2D eigenvalue weighted by atomic mass is 32.3. The second-order valence-corrected chi connectivity index (χ2v) is 6.60. The van der Waals surface area contributed by atoms with Crippen LogP contribution in [0.15, 0.2) is 61.2 Å². The molecule has 0 spiro atoms. The van der Waals surface area contributed by atoms with Crippen molar-refractivity contribution in [3.63, 3.8) is 0 Å². The fourth-order valence-corrected chi connectivity index (χ4v) is 2.32. The summed E-state index contributed by atoms with van der Waals surface area (Å²) in [5, 5.41) is -1.65. The van der Waals surface area contributed by atoms with Crippen LogP contribution in [0, 0.1) is 0 Å². The molecule has 0 amide bonds. The number of hydrogen-bond donors (Lipinski definition) is 2. The third-order valence-corrected chi connectivity index (χ3v) is 3.81. The molecule has 0 aliphatic rings. The second kappa shape index (κ2) is 9.94. The fraction of sp³-hybridized carbons (Fsp3) is 0.0909. The number of pyridine rings is 2. The Bertz CT molecular complexity index is 560. The van der Waals surface area contributed by atoms with Crippen LogP contribution in [-0.2, 0) is 20.2 Å². The summed E-state index contributed by atoms with van der Waals surface area (Å²) < 4.78 is 54.2. The lowest BCUT2D eigenvalue weighted by atomic mass is 10.5. The molecule has 0 bridgehead atoms. The first-order valence-electron chi connectivity index (χ1n) is 5.31. The van der Waals surface area contributed by atoms with E-state index >= 15 is 0 Å². The van der Waals surface area contributed by atoms with E-state index in [4.69, 9.17) is 9.11 Å². The van der Waals surface area contributed by atoms with E-state index in [0.29, 0.717) is 0 Å².